The molecule has 6 heteroatoms. The van der Waals surface area contributed by atoms with Gasteiger partial charge in [-0.25, -0.2) is 4.98 Å². The molecule has 0 aliphatic heterocycles. The Hall–Kier alpha value is -0.910. The Bertz CT molecular complexity index is 600. The smallest absolute Gasteiger partial charge is 0.270 e. The lowest BCUT2D eigenvalue weighted by molar-refractivity contribution is 0.0996. The second-order valence-electron chi connectivity index (χ2n) is 3.73. The first kappa shape index (κ1) is 13.5. The van der Waals surface area contributed by atoms with Gasteiger partial charge in [0.1, 0.15) is 4.88 Å². The molecule has 18 heavy (non-hydrogen) atoms. The van der Waals surface area contributed by atoms with Gasteiger partial charge in [0.05, 0.1) is 21.9 Å². The number of benzene rings is 1. The summed E-state index contributed by atoms with van der Waals surface area (Å²) < 4.78 is 0.881. The SMILES string of the molecule is Cc1ncsc1C(=O)N(C)c1ccc(Br)cc1Cl. The van der Waals surface area contributed by atoms with Crippen LogP contribution >= 0.6 is 38.9 Å². The molecule has 94 valence electrons. The number of carbonyl (C=O) groups excluding carboxylic acids is 1. The number of halogens is 2. The van der Waals surface area contributed by atoms with Gasteiger partial charge in [0, 0.05) is 11.5 Å². The molecule has 0 spiro atoms. The van der Waals surface area contributed by atoms with Gasteiger partial charge in [0.15, 0.2) is 0 Å². The predicted octanol–water partition coefficient (Wildman–Crippen LogP) is 4.14. The van der Waals surface area contributed by atoms with Gasteiger partial charge in [-0.15, -0.1) is 11.3 Å². The van der Waals surface area contributed by atoms with Gasteiger partial charge in [-0.05, 0) is 25.1 Å². The number of hydrogen-bond acceptors (Lipinski definition) is 3. The highest BCUT2D eigenvalue weighted by atomic mass is 79.9. The first-order valence-electron chi connectivity index (χ1n) is 5.14. The first-order chi connectivity index (χ1) is 8.50. The van der Waals surface area contributed by atoms with Crippen molar-refractivity contribution in [3.05, 3.63) is 43.8 Å². The van der Waals surface area contributed by atoms with Gasteiger partial charge in [-0.2, -0.15) is 0 Å². The van der Waals surface area contributed by atoms with Gasteiger partial charge in [0.2, 0.25) is 0 Å². The monoisotopic (exact) mass is 344 g/mol. The minimum atomic E-state index is -0.0979. The number of nitrogens with zero attached hydrogens (tertiary/aromatic N) is 2. The third-order valence-electron chi connectivity index (χ3n) is 2.52. The molecule has 0 saturated heterocycles. The van der Waals surface area contributed by atoms with Crippen molar-refractivity contribution in [3.8, 4) is 0 Å². The van der Waals surface area contributed by atoms with Crippen LogP contribution in [0.25, 0.3) is 0 Å². The van der Waals surface area contributed by atoms with Crippen LogP contribution in [-0.2, 0) is 0 Å². The highest BCUT2D eigenvalue weighted by molar-refractivity contribution is 9.10. The molecule has 1 amide bonds. The van der Waals surface area contributed by atoms with E-state index in [0.717, 1.165) is 10.2 Å². The van der Waals surface area contributed by atoms with Crippen LogP contribution in [0, 0.1) is 6.92 Å². The topological polar surface area (TPSA) is 33.2 Å². The van der Waals surface area contributed by atoms with E-state index in [1.807, 2.05) is 13.0 Å². The highest BCUT2D eigenvalue weighted by Crippen LogP contribution is 2.29. The summed E-state index contributed by atoms with van der Waals surface area (Å²) in [5.41, 5.74) is 3.09. The van der Waals surface area contributed by atoms with Crippen molar-refractivity contribution < 1.29 is 4.79 Å². The van der Waals surface area contributed by atoms with E-state index in [2.05, 4.69) is 20.9 Å². The van der Waals surface area contributed by atoms with Gasteiger partial charge < -0.3 is 4.90 Å². The number of rotatable bonds is 2. The molecule has 2 aromatic rings. The summed E-state index contributed by atoms with van der Waals surface area (Å²) >= 11 is 10.8. The van der Waals surface area contributed by atoms with Crippen LogP contribution in [0.4, 0.5) is 5.69 Å². The fourth-order valence-corrected chi connectivity index (χ4v) is 3.10. The summed E-state index contributed by atoms with van der Waals surface area (Å²) in [4.78, 5) is 18.5. The van der Waals surface area contributed by atoms with Crippen molar-refractivity contribution in [1.82, 2.24) is 4.98 Å². The Labute approximate surface area is 123 Å². The number of anilines is 1. The first-order valence-corrected chi connectivity index (χ1v) is 7.19. The summed E-state index contributed by atoms with van der Waals surface area (Å²) in [6, 6.07) is 5.42. The standard InChI is InChI=1S/C12H10BrClN2OS/c1-7-11(18-6-15-7)12(17)16(2)10-4-3-8(13)5-9(10)14/h3-6H,1-2H3. The molecule has 0 atom stereocenters. The molecule has 0 fully saturated rings. The quantitative estimate of drug-likeness (QED) is 0.819. The fourth-order valence-electron chi connectivity index (χ4n) is 1.52. The Morgan fingerprint density at radius 3 is 2.78 bits per heavy atom. The van der Waals surface area contributed by atoms with E-state index in [4.69, 9.17) is 11.6 Å². The van der Waals surface area contributed by atoms with Gasteiger partial charge in [-0.3, -0.25) is 4.79 Å². The molecular weight excluding hydrogens is 336 g/mol. The van der Waals surface area contributed by atoms with E-state index in [9.17, 15) is 4.79 Å². The van der Waals surface area contributed by atoms with Crippen LogP contribution in [0.15, 0.2) is 28.2 Å². The van der Waals surface area contributed by atoms with Crippen LogP contribution in [0.5, 0.6) is 0 Å². The number of thiazole rings is 1. The average Bonchev–Trinajstić information content (AvgIpc) is 2.74. The Morgan fingerprint density at radius 1 is 1.50 bits per heavy atom. The minimum absolute atomic E-state index is 0.0979. The number of aryl methyl sites for hydroxylation is 1. The summed E-state index contributed by atoms with van der Waals surface area (Å²) in [6.45, 7) is 1.82. The number of hydrogen-bond donors (Lipinski definition) is 0. The van der Waals surface area contributed by atoms with Crippen molar-refractivity contribution in [2.24, 2.45) is 0 Å². The molecule has 1 heterocycles. The second-order valence-corrected chi connectivity index (χ2v) is 5.90. The zero-order valence-electron chi connectivity index (χ0n) is 9.78. The number of carbonyl (C=O) groups is 1. The molecule has 3 nitrogen and oxygen atoms in total. The number of amides is 1. The van der Waals surface area contributed by atoms with E-state index in [1.54, 1.807) is 24.7 Å². The van der Waals surface area contributed by atoms with Crippen LogP contribution in [-0.4, -0.2) is 17.9 Å². The third-order valence-corrected chi connectivity index (χ3v) is 4.23. The summed E-state index contributed by atoms with van der Waals surface area (Å²) in [5.74, 6) is -0.0979. The van der Waals surface area contributed by atoms with Crippen molar-refractivity contribution in [2.45, 2.75) is 6.92 Å². The van der Waals surface area contributed by atoms with Gasteiger partial charge in [-0.1, -0.05) is 27.5 Å². The lowest BCUT2D eigenvalue weighted by Crippen LogP contribution is -2.26. The van der Waals surface area contributed by atoms with E-state index in [-0.39, 0.29) is 5.91 Å². The zero-order chi connectivity index (χ0) is 13.3. The van der Waals surface area contributed by atoms with Crippen molar-refractivity contribution >= 4 is 50.5 Å². The van der Waals surface area contributed by atoms with E-state index in [0.29, 0.717) is 15.6 Å². The molecule has 0 saturated carbocycles. The molecule has 0 aliphatic carbocycles. The largest absolute Gasteiger partial charge is 0.309 e. The minimum Gasteiger partial charge on any atom is -0.309 e. The summed E-state index contributed by atoms with van der Waals surface area (Å²) in [5, 5.41) is 0.530. The Balaban J connectivity index is 2.34. The molecule has 0 unspecified atom stereocenters. The molecule has 0 bridgehead atoms. The van der Waals surface area contributed by atoms with Crippen molar-refractivity contribution in [2.75, 3.05) is 11.9 Å². The van der Waals surface area contributed by atoms with Gasteiger partial charge in [0.25, 0.3) is 5.91 Å². The lowest BCUT2D eigenvalue weighted by Gasteiger charge is -2.18. The zero-order valence-corrected chi connectivity index (χ0v) is 12.9. The molecule has 0 radical (unpaired) electrons. The number of aromatic nitrogens is 1. The maximum atomic E-state index is 12.3. The Morgan fingerprint density at radius 2 is 2.22 bits per heavy atom. The second kappa shape index (κ2) is 5.38. The summed E-state index contributed by atoms with van der Waals surface area (Å²) in [7, 11) is 1.70. The van der Waals surface area contributed by atoms with Crippen LogP contribution in [0.1, 0.15) is 15.4 Å². The predicted molar refractivity (Wildman–Crippen MR) is 78.7 cm³/mol. The maximum Gasteiger partial charge on any atom is 0.270 e. The van der Waals surface area contributed by atoms with Crippen molar-refractivity contribution in [1.29, 1.82) is 0 Å². The van der Waals surface area contributed by atoms with Crippen LogP contribution in [0.2, 0.25) is 5.02 Å². The third kappa shape index (κ3) is 2.58. The molecule has 2 rings (SSSR count). The molecular formula is C12H10BrClN2OS. The fraction of sp³-hybridized carbons (Fsp3) is 0.167. The average molecular weight is 346 g/mol. The maximum absolute atomic E-state index is 12.3. The van der Waals surface area contributed by atoms with E-state index >= 15 is 0 Å². The van der Waals surface area contributed by atoms with Gasteiger partial charge >= 0.3 is 0 Å². The highest BCUT2D eigenvalue weighted by Gasteiger charge is 2.19. The molecule has 0 aliphatic rings. The van der Waals surface area contributed by atoms with Crippen molar-refractivity contribution in [3.63, 3.8) is 0 Å². The normalized spacial score (nSPS) is 10.4. The lowest BCUT2D eigenvalue weighted by atomic mass is 10.2. The molecule has 1 aromatic heterocycles. The van der Waals surface area contributed by atoms with Crippen LogP contribution < -0.4 is 4.90 Å². The van der Waals surface area contributed by atoms with Crippen LogP contribution in [0.3, 0.4) is 0 Å². The van der Waals surface area contributed by atoms with E-state index in [1.165, 1.54) is 16.2 Å². The molecule has 0 N–H and O–H groups in total. The molecule has 1 aromatic carbocycles. The summed E-state index contributed by atoms with van der Waals surface area (Å²) in [6.07, 6.45) is 0. The Kier molecular flexibility index (Phi) is 4.04. The van der Waals surface area contributed by atoms with E-state index < -0.39 is 0 Å².